The van der Waals surface area contributed by atoms with Crippen LogP contribution in [0.25, 0.3) is 0 Å². The van der Waals surface area contributed by atoms with E-state index in [4.69, 9.17) is 0 Å². The topological polar surface area (TPSA) is 76.0 Å². The fraction of sp³-hybridized carbons (Fsp3) is 0.526. The van der Waals surface area contributed by atoms with E-state index in [0.717, 1.165) is 41.7 Å². The van der Waals surface area contributed by atoms with E-state index in [2.05, 4.69) is 21.9 Å². The number of aromatic nitrogens is 2. The van der Waals surface area contributed by atoms with Gasteiger partial charge in [0, 0.05) is 48.8 Å². The van der Waals surface area contributed by atoms with Gasteiger partial charge in [0.25, 0.3) is 11.5 Å². The second-order valence-corrected chi connectivity index (χ2v) is 9.02. The molecule has 2 atom stereocenters. The normalized spacial score (nSPS) is 20.9. The van der Waals surface area contributed by atoms with Crippen LogP contribution in [0.3, 0.4) is 0 Å². The largest absolute Gasteiger partial charge is 0.351 e. The Kier molecular flexibility index (Phi) is 5.66. The Balaban J connectivity index is 1.41. The van der Waals surface area contributed by atoms with Crippen LogP contribution in [-0.4, -0.2) is 41.3 Å². The number of hydrogen-bond acceptors (Lipinski definition) is 6. The van der Waals surface area contributed by atoms with Crippen molar-refractivity contribution in [2.24, 2.45) is 5.92 Å². The standard InChI is InChI=1S/C19H24N4O2S2/c1-26-11-17-22-14(10-27-17)4-5-21-18(24)15-2-3-16-13-6-12(7-20-8-13)9-23(16)19(15)25/h2-3,10,12-13,20H,4-9,11H2,1H3,(H,21,24)/t12-,13+/m0/s1. The van der Waals surface area contributed by atoms with Crippen LogP contribution in [-0.2, 0) is 18.7 Å². The van der Waals surface area contributed by atoms with E-state index in [0.29, 0.717) is 31.3 Å². The minimum Gasteiger partial charge on any atom is -0.351 e. The lowest BCUT2D eigenvalue weighted by Crippen LogP contribution is -2.46. The first-order valence-electron chi connectivity index (χ1n) is 9.30. The Labute approximate surface area is 166 Å². The fourth-order valence-electron chi connectivity index (χ4n) is 4.02. The number of amides is 1. The molecule has 4 heterocycles. The molecule has 2 bridgehead atoms. The quantitative estimate of drug-likeness (QED) is 0.768. The van der Waals surface area contributed by atoms with Gasteiger partial charge < -0.3 is 15.2 Å². The van der Waals surface area contributed by atoms with E-state index in [1.807, 2.05) is 16.0 Å². The highest BCUT2D eigenvalue weighted by Crippen LogP contribution is 2.31. The summed E-state index contributed by atoms with van der Waals surface area (Å²) in [7, 11) is 0. The zero-order valence-corrected chi connectivity index (χ0v) is 17.0. The molecule has 0 unspecified atom stereocenters. The third-order valence-corrected chi connectivity index (χ3v) is 6.93. The SMILES string of the molecule is CSCc1nc(CCNC(=O)c2ccc3n(c2=O)C[C@@H]2CNC[C@H]3C2)cs1. The number of fused-ring (bicyclic) bond motifs is 4. The molecule has 1 saturated heterocycles. The molecule has 0 aromatic carbocycles. The van der Waals surface area contributed by atoms with Gasteiger partial charge in [-0.05, 0) is 37.3 Å². The van der Waals surface area contributed by atoms with Gasteiger partial charge in [-0.1, -0.05) is 0 Å². The molecule has 27 heavy (non-hydrogen) atoms. The average molecular weight is 405 g/mol. The molecule has 0 radical (unpaired) electrons. The molecule has 2 aromatic rings. The van der Waals surface area contributed by atoms with Crippen molar-refractivity contribution in [3.05, 3.63) is 49.8 Å². The zero-order chi connectivity index (χ0) is 18.8. The lowest BCUT2D eigenvalue weighted by molar-refractivity contribution is 0.0951. The minimum atomic E-state index is -0.288. The molecule has 4 rings (SSSR count). The van der Waals surface area contributed by atoms with Gasteiger partial charge in [-0.25, -0.2) is 4.98 Å². The van der Waals surface area contributed by atoms with Gasteiger partial charge in [0.15, 0.2) is 0 Å². The third kappa shape index (κ3) is 3.97. The monoisotopic (exact) mass is 404 g/mol. The number of nitrogens with zero attached hydrogens (tertiary/aromatic N) is 2. The second-order valence-electron chi connectivity index (χ2n) is 7.22. The molecule has 6 nitrogen and oxygen atoms in total. The molecule has 0 aliphatic carbocycles. The van der Waals surface area contributed by atoms with E-state index >= 15 is 0 Å². The summed E-state index contributed by atoms with van der Waals surface area (Å²) in [5.74, 6) is 1.49. The number of nitrogens with one attached hydrogen (secondary N) is 2. The van der Waals surface area contributed by atoms with Crippen LogP contribution in [0.4, 0.5) is 0 Å². The van der Waals surface area contributed by atoms with Crippen LogP contribution in [0.2, 0.25) is 0 Å². The number of carbonyl (C=O) groups excluding carboxylic acids is 1. The molecule has 144 valence electrons. The van der Waals surface area contributed by atoms with Gasteiger partial charge in [0.1, 0.15) is 10.6 Å². The number of rotatable bonds is 6. The number of hydrogen-bond donors (Lipinski definition) is 2. The lowest BCUT2D eigenvalue weighted by atomic mass is 9.84. The van der Waals surface area contributed by atoms with E-state index in [-0.39, 0.29) is 17.0 Å². The number of thioether (sulfide) groups is 1. The summed E-state index contributed by atoms with van der Waals surface area (Å²) in [4.78, 5) is 30.0. The molecule has 0 saturated carbocycles. The van der Waals surface area contributed by atoms with Crippen molar-refractivity contribution < 1.29 is 4.79 Å². The molecule has 1 amide bonds. The van der Waals surface area contributed by atoms with Crippen LogP contribution < -0.4 is 16.2 Å². The molecule has 8 heteroatoms. The highest BCUT2D eigenvalue weighted by molar-refractivity contribution is 7.97. The molecular formula is C19H24N4O2S2. The van der Waals surface area contributed by atoms with Gasteiger partial charge in [-0.2, -0.15) is 11.8 Å². The Morgan fingerprint density at radius 1 is 1.44 bits per heavy atom. The van der Waals surface area contributed by atoms with Crippen LogP contribution in [0.15, 0.2) is 22.3 Å². The van der Waals surface area contributed by atoms with E-state index in [9.17, 15) is 9.59 Å². The first-order chi connectivity index (χ1) is 13.2. The number of pyridine rings is 1. The second kappa shape index (κ2) is 8.16. The van der Waals surface area contributed by atoms with Crippen LogP contribution in [0.5, 0.6) is 0 Å². The van der Waals surface area contributed by atoms with Gasteiger partial charge in [-0.15, -0.1) is 11.3 Å². The number of carbonyl (C=O) groups is 1. The number of thiazole rings is 1. The molecule has 2 N–H and O–H groups in total. The molecule has 1 fully saturated rings. The lowest BCUT2D eigenvalue weighted by Gasteiger charge is -2.37. The van der Waals surface area contributed by atoms with Gasteiger partial charge in [0.05, 0.1) is 5.69 Å². The van der Waals surface area contributed by atoms with Crippen LogP contribution in [0, 0.1) is 5.92 Å². The third-order valence-electron chi connectivity index (χ3n) is 5.29. The summed E-state index contributed by atoms with van der Waals surface area (Å²) in [6.07, 6.45) is 3.87. The maximum Gasteiger partial charge on any atom is 0.263 e. The highest BCUT2D eigenvalue weighted by atomic mass is 32.2. The Bertz CT molecular complexity index is 892. The van der Waals surface area contributed by atoms with E-state index in [1.54, 1.807) is 29.2 Å². The highest BCUT2D eigenvalue weighted by Gasteiger charge is 2.31. The minimum absolute atomic E-state index is 0.155. The molecule has 2 aromatic heterocycles. The predicted octanol–water partition coefficient (Wildman–Crippen LogP) is 1.85. The van der Waals surface area contributed by atoms with Gasteiger partial charge >= 0.3 is 0 Å². The van der Waals surface area contributed by atoms with Gasteiger partial charge in [0.2, 0.25) is 0 Å². The van der Waals surface area contributed by atoms with Crippen molar-refractivity contribution in [2.45, 2.75) is 31.1 Å². The smallest absolute Gasteiger partial charge is 0.263 e. The number of piperidine rings is 1. The van der Waals surface area contributed by atoms with Crippen molar-refractivity contribution in [1.82, 2.24) is 20.2 Å². The molecular weight excluding hydrogens is 380 g/mol. The summed E-state index contributed by atoms with van der Waals surface area (Å²) in [5, 5.41) is 9.47. The Morgan fingerprint density at radius 2 is 2.33 bits per heavy atom. The summed E-state index contributed by atoms with van der Waals surface area (Å²) < 4.78 is 1.82. The predicted molar refractivity (Wildman–Crippen MR) is 110 cm³/mol. The van der Waals surface area contributed by atoms with Crippen LogP contribution >= 0.6 is 23.1 Å². The van der Waals surface area contributed by atoms with Crippen LogP contribution in [0.1, 0.15) is 39.1 Å². The fourth-order valence-corrected chi connectivity index (χ4v) is 5.57. The van der Waals surface area contributed by atoms with Gasteiger partial charge in [-0.3, -0.25) is 9.59 Å². The van der Waals surface area contributed by atoms with Crippen molar-refractivity contribution >= 4 is 29.0 Å². The van der Waals surface area contributed by atoms with Crippen molar-refractivity contribution in [2.75, 3.05) is 25.9 Å². The summed E-state index contributed by atoms with van der Waals surface area (Å²) >= 11 is 3.40. The Hall–Kier alpha value is -1.64. The average Bonchev–Trinajstić information content (AvgIpc) is 3.10. The summed E-state index contributed by atoms with van der Waals surface area (Å²) in [5.41, 5.74) is 2.14. The first kappa shape index (κ1) is 18.7. The summed E-state index contributed by atoms with van der Waals surface area (Å²) in [6.45, 7) is 3.05. The van der Waals surface area contributed by atoms with E-state index in [1.165, 1.54) is 0 Å². The van der Waals surface area contributed by atoms with Crippen molar-refractivity contribution in [3.8, 4) is 0 Å². The first-order valence-corrected chi connectivity index (χ1v) is 11.6. The zero-order valence-electron chi connectivity index (χ0n) is 15.4. The van der Waals surface area contributed by atoms with E-state index < -0.39 is 0 Å². The van der Waals surface area contributed by atoms with Crippen molar-refractivity contribution in [3.63, 3.8) is 0 Å². The maximum atomic E-state index is 12.9. The maximum absolute atomic E-state index is 12.9. The summed E-state index contributed by atoms with van der Waals surface area (Å²) in [6, 6.07) is 3.65. The molecule has 2 aliphatic heterocycles. The molecule has 0 spiro atoms. The Morgan fingerprint density at radius 3 is 3.19 bits per heavy atom. The molecule has 2 aliphatic rings. The van der Waals surface area contributed by atoms with Crippen molar-refractivity contribution in [1.29, 1.82) is 0 Å².